The first-order valence-electron chi connectivity index (χ1n) is 17.1. The van der Waals surface area contributed by atoms with Crippen LogP contribution in [-0.2, 0) is 20.8 Å². The second-order valence-corrected chi connectivity index (χ2v) is 13.6. The fourth-order valence-electron chi connectivity index (χ4n) is 6.05. The molecule has 1 aliphatic carbocycles. The second kappa shape index (κ2) is 24.7. The number of halogens is 1. The summed E-state index contributed by atoms with van der Waals surface area (Å²) in [5.74, 6) is 2.91. The van der Waals surface area contributed by atoms with Crippen molar-refractivity contribution in [2.75, 3.05) is 0 Å². The third-order valence-corrected chi connectivity index (χ3v) is 9.27. The lowest BCUT2D eigenvalue weighted by atomic mass is 9.82. The van der Waals surface area contributed by atoms with Crippen molar-refractivity contribution >= 4 is 33.9 Å². The van der Waals surface area contributed by atoms with Crippen LogP contribution in [0.25, 0.3) is 0 Å². The van der Waals surface area contributed by atoms with Crippen molar-refractivity contribution in [2.24, 2.45) is 29.4 Å². The fourth-order valence-corrected chi connectivity index (χ4v) is 6.81. The zero-order chi connectivity index (χ0) is 34.4. The molecule has 4 nitrogen and oxygen atoms in total. The van der Waals surface area contributed by atoms with Gasteiger partial charge in [-0.3, -0.25) is 14.4 Å². The largest absolute Gasteiger partial charge is 0.372 e. The molecule has 0 aliphatic heterocycles. The summed E-state index contributed by atoms with van der Waals surface area (Å²) in [6, 6.07) is 8.69. The Morgan fingerprint density at radius 2 is 1.64 bits per heavy atom. The van der Waals surface area contributed by atoms with Gasteiger partial charge in [0.15, 0.2) is 11.6 Å². The Labute approximate surface area is 284 Å². The highest BCUT2D eigenvalue weighted by Crippen LogP contribution is 2.33. The average molecular weight is 685 g/mol. The SMILES string of the molecule is C/C=C(\C(=O)C(CCC)CCc1ccccc1C(C)C)C1=CC(C)CC(Br)=C1.C=CC(=O)CC(CC)CC(CC)CC.NC=O. The van der Waals surface area contributed by atoms with E-state index in [4.69, 9.17) is 4.79 Å². The van der Waals surface area contributed by atoms with Crippen molar-refractivity contribution in [3.8, 4) is 0 Å². The smallest absolute Gasteiger partial charge is 0.204 e. The number of carbonyl (C=O) groups is 3. The summed E-state index contributed by atoms with van der Waals surface area (Å²) in [6.07, 6.45) is 18.4. The molecule has 1 aromatic rings. The van der Waals surface area contributed by atoms with Crippen molar-refractivity contribution in [2.45, 2.75) is 126 Å². The minimum absolute atomic E-state index is 0.0849. The molecule has 2 N–H and O–H groups in total. The van der Waals surface area contributed by atoms with E-state index >= 15 is 0 Å². The van der Waals surface area contributed by atoms with E-state index in [0.717, 1.165) is 55.6 Å². The summed E-state index contributed by atoms with van der Waals surface area (Å²) in [7, 11) is 0. The van der Waals surface area contributed by atoms with E-state index in [2.05, 4.69) is 113 Å². The monoisotopic (exact) mass is 683 g/mol. The van der Waals surface area contributed by atoms with E-state index < -0.39 is 0 Å². The Balaban J connectivity index is 0.000000956. The molecule has 5 heteroatoms. The van der Waals surface area contributed by atoms with E-state index in [1.54, 1.807) is 0 Å². The Bertz CT molecular complexity index is 1130. The van der Waals surface area contributed by atoms with E-state index in [9.17, 15) is 9.59 Å². The third-order valence-electron chi connectivity index (χ3n) is 8.72. The first-order chi connectivity index (χ1) is 21.5. The number of allylic oxidation sites excluding steroid dienone is 7. The van der Waals surface area contributed by atoms with Crippen LogP contribution in [-0.4, -0.2) is 18.0 Å². The minimum Gasteiger partial charge on any atom is -0.372 e. The topological polar surface area (TPSA) is 77.2 Å². The van der Waals surface area contributed by atoms with Crippen LogP contribution < -0.4 is 5.73 Å². The molecular formula is C40H62BrNO3. The molecule has 1 amide bonds. The van der Waals surface area contributed by atoms with Gasteiger partial charge in [-0.15, -0.1) is 0 Å². The first kappa shape index (κ1) is 42.5. The fraction of sp³-hybridized carbons (Fsp3) is 0.575. The summed E-state index contributed by atoms with van der Waals surface area (Å²) in [5, 5.41) is 0. The molecule has 1 aliphatic rings. The number of primary amides is 1. The standard InChI is InChI=1S/C26H35BrO.C13H24O.CH3NO/c1-6-10-21(14-13-20-11-8-9-12-25(20)18(3)4)26(28)24(7-2)22-15-19(5)16-23(27)17-22;1-5-11(6-2)9-12(7-3)10-13(14)8-4;2-1-3/h7-9,11-12,15,17-19,21H,6,10,13-14,16H2,1-5H3;8,11-12H,4-7,9-10H2,1-3H3;1H,(H2,2,3)/b24-7-;;. The summed E-state index contributed by atoms with van der Waals surface area (Å²) < 4.78 is 1.18. The minimum atomic E-state index is 0.0849. The molecule has 0 bridgehead atoms. The van der Waals surface area contributed by atoms with Crippen LogP contribution in [0.1, 0.15) is 130 Å². The third kappa shape index (κ3) is 16.6. The van der Waals surface area contributed by atoms with Gasteiger partial charge < -0.3 is 5.73 Å². The van der Waals surface area contributed by atoms with Gasteiger partial charge in [0.25, 0.3) is 0 Å². The van der Waals surface area contributed by atoms with Crippen molar-refractivity contribution in [1.82, 2.24) is 0 Å². The number of amides is 1. The number of aryl methyl sites for hydroxylation is 1. The van der Waals surface area contributed by atoms with Gasteiger partial charge in [-0.1, -0.05) is 133 Å². The molecule has 0 heterocycles. The lowest BCUT2D eigenvalue weighted by Gasteiger charge is -2.22. The number of Topliss-reactive ketones (excluding diaryl/α,β-unsaturated/α-hetero) is 1. The first-order valence-corrected chi connectivity index (χ1v) is 17.9. The van der Waals surface area contributed by atoms with Crippen LogP contribution in [0.15, 0.2) is 70.8 Å². The van der Waals surface area contributed by atoms with Crippen LogP contribution in [0.5, 0.6) is 0 Å². The Kier molecular flexibility index (Phi) is 23.3. The van der Waals surface area contributed by atoms with Crippen LogP contribution in [0.2, 0.25) is 0 Å². The van der Waals surface area contributed by atoms with E-state index in [0.29, 0.717) is 30.0 Å². The summed E-state index contributed by atoms with van der Waals surface area (Å²) in [5.41, 5.74) is 8.94. The van der Waals surface area contributed by atoms with Crippen LogP contribution >= 0.6 is 15.9 Å². The summed E-state index contributed by atoms with van der Waals surface area (Å²) in [6.45, 7) is 21.0. The zero-order valence-electron chi connectivity index (χ0n) is 29.5. The van der Waals surface area contributed by atoms with Gasteiger partial charge in [0.1, 0.15) is 0 Å². The predicted molar refractivity (Wildman–Crippen MR) is 197 cm³/mol. The molecule has 0 fully saturated rings. The van der Waals surface area contributed by atoms with Crippen LogP contribution in [0, 0.1) is 23.7 Å². The summed E-state index contributed by atoms with van der Waals surface area (Å²) in [4.78, 5) is 33.3. The molecule has 0 radical (unpaired) electrons. The van der Waals surface area contributed by atoms with Crippen LogP contribution in [0.4, 0.5) is 0 Å². The van der Waals surface area contributed by atoms with Gasteiger partial charge in [0.05, 0.1) is 0 Å². The van der Waals surface area contributed by atoms with Gasteiger partial charge in [0.2, 0.25) is 6.41 Å². The highest BCUT2D eigenvalue weighted by molar-refractivity contribution is 9.11. The van der Waals surface area contributed by atoms with Gasteiger partial charge in [-0.2, -0.15) is 0 Å². The van der Waals surface area contributed by atoms with Crippen molar-refractivity contribution in [3.63, 3.8) is 0 Å². The highest BCUT2D eigenvalue weighted by atomic mass is 79.9. The number of hydrogen-bond donors (Lipinski definition) is 1. The van der Waals surface area contributed by atoms with E-state index in [1.807, 2.05) is 13.0 Å². The zero-order valence-corrected chi connectivity index (χ0v) is 31.1. The van der Waals surface area contributed by atoms with E-state index in [1.165, 1.54) is 40.9 Å². The molecule has 2 rings (SSSR count). The van der Waals surface area contributed by atoms with Crippen molar-refractivity contribution in [1.29, 1.82) is 0 Å². The molecule has 0 aromatic heterocycles. The number of carbonyl (C=O) groups excluding carboxylic acids is 3. The molecule has 0 saturated carbocycles. The molecule has 45 heavy (non-hydrogen) atoms. The number of benzene rings is 1. The van der Waals surface area contributed by atoms with Crippen molar-refractivity contribution in [3.05, 3.63) is 81.9 Å². The summed E-state index contributed by atoms with van der Waals surface area (Å²) >= 11 is 3.65. The van der Waals surface area contributed by atoms with Gasteiger partial charge in [0, 0.05) is 17.9 Å². The Morgan fingerprint density at radius 1 is 1.04 bits per heavy atom. The average Bonchev–Trinajstić information content (AvgIpc) is 3.01. The maximum absolute atomic E-state index is 13.5. The molecule has 1 aromatic carbocycles. The lowest BCUT2D eigenvalue weighted by Crippen LogP contribution is -2.19. The quantitative estimate of drug-likeness (QED) is 0.131. The lowest BCUT2D eigenvalue weighted by molar-refractivity contribution is -0.119. The molecule has 0 saturated heterocycles. The second-order valence-electron chi connectivity index (χ2n) is 12.5. The van der Waals surface area contributed by atoms with Crippen molar-refractivity contribution < 1.29 is 14.4 Å². The number of ketones is 2. The Hall–Kier alpha value is -2.53. The normalized spacial score (nSPS) is 15.9. The maximum Gasteiger partial charge on any atom is 0.204 e. The number of nitrogens with two attached hydrogens (primary N) is 1. The molecule has 0 spiro atoms. The molecule has 252 valence electrons. The molecular weight excluding hydrogens is 622 g/mol. The number of rotatable bonds is 17. The van der Waals surface area contributed by atoms with E-state index in [-0.39, 0.29) is 18.1 Å². The molecule has 3 atom stereocenters. The number of hydrogen-bond acceptors (Lipinski definition) is 3. The molecule has 3 unspecified atom stereocenters. The predicted octanol–water partition coefficient (Wildman–Crippen LogP) is 11.0. The van der Waals surface area contributed by atoms with Gasteiger partial charge >= 0.3 is 0 Å². The highest BCUT2D eigenvalue weighted by Gasteiger charge is 2.25. The maximum atomic E-state index is 13.5. The van der Waals surface area contributed by atoms with Gasteiger partial charge in [-0.25, -0.2) is 0 Å². The van der Waals surface area contributed by atoms with Gasteiger partial charge in [-0.05, 0) is 96.0 Å². The Morgan fingerprint density at radius 3 is 2.13 bits per heavy atom. The van der Waals surface area contributed by atoms with Crippen LogP contribution in [0.3, 0.4) is 0 Å².